The number of fused-ring (bicyclic) bond motifs is 1. The number of H-pyrrole nitrogens is 1. The summed E-state index contributed by atoms with van der Waals surface area (Å²) in [6.07, 6.45) is 5.43. The summed E-state index contributed by atoms with van der Waals surface area (Å²) in [6.45, 7) is 4.64. The first-order valence-electron chi connectivity index (χ1n) is 9.43. The number of halogens is 2. The number of nitrogens with zero attached hydrogens (tertiary/aromatic N) is 4. The Labute approximate surface area is 168 Å². The molecule has 1 fully saturated rings. The maximum atomic E-state index is 13.5. The van der Waals surface area contributed by atoms with Gasteiger partial charge >= 0.3 is 0 Å². The van der Waals surface area contributed by atoms with E-state index in [0.29, 0.717) is 10.9 Å². The maximum absolute atomic E-state index is 13.5. The number of hydrogen-bond acceptors (Lipinski definition) is 5. The second kappa shape index (κ2) is 8.32. The van der Waals surface area contributed by atoms with E-state index in [0.717, 1.165) is 62.3 Å². The van der Waals surface area contributed by atoms with Crippen molar-refractivity contribution in [2.75, 3.05) is 44.7 Å². The highest BCUT2D eigenvalue weighted by atomic mass is 35.5. The standard InChI is InChI=1S/C20H23ClFN5O/c1-28-18-19(21)24-13-25-20(18)27-9-7-26(8-10-27)6-2-3-14-12-23-17-5-4-15(22)11-16(14)17/h4-5,11-13,23H,2-3,6-10H2,1H3. The lowest BCUT2D eigenvalue weighted by Crippen LogP contribution is -2.47. The molecule has 1 N–H and O–H groups in total. The number of anilines is 1. The van der Waals surface area contributed by atoms with Gasteiger partial charge in [-0.15, -0.1) is 0 Å². The molecule has 4 rings (SSSR count). The zero-order chi connectivity index (χ0) is 19.5. The average molecular weight is 404 g/mol. The first-order chi connectivity index (χ1) is 13.7. The number of ether oxygens (including phenoxy) is 1. The van der Waals surface area contributed by atoms with Gasteiger partial charge in [0.05, 0.1) is 7.11 Å². The van der Waals surface area contributed by atoms with Gasteiger partial charge in [-0.1, -0.05) is 11.6 Å². The summed E-state index contributed by atoms with van der Waals surface area (Å²) in [5.74, 6) is 1.09. The Morgan fingerprint density at radius 1 is 1.21 bits per heavy atom. The molecule has 0 radical (unpaired) electrons. The van der Waals surface area contributed by atoms with Crippen LogP contribution in [0, 0.1) is 5.82 Å². The van der Waals surface area contributed by atoms with Crippen LogP contribution < -0.4 is 9.64 Å². The molecule has 0 unspecified atom stereocenters. The third kappa shape index (κ3) is 3.91. The monoisotopic (exact) mass is 403 g/mol. The van der Waals surface area contributed by atoms with Gasteiger partial charge in [0.1, 0.15) is 12.1 Å². The molecule has 8 heteroatoms. The predicted octanol–water partition coefficient (Wildman–Crippen LogP) is 3.51. The lowest BCUT2D eigenvalue weighted by molar-refractivity contribution is 0.253. The summed E-state index contributed by atoms with van der Waals surface area (Å²) in [6, 6.07) is 4.89. The zero-order valence-corrected chi connectivity index (χ0v) is 16.5. The highest BCUT2D eigenvalue weighted by Gasteiger charge is 2.22. The second-order valence-electron chi connectivity index (χ2n) is 6.96. The van der Waals surface area contributed by atoms with E-state index in [-0.39, 0.29) is 5.82 Å². The molecule has 0 bridgehead atoms. The molecule has 1 saturated heterocycles. The van der Waals surface area contributed by atoms with Crippen molar-refractivity contribution < 1.29 is 9.13 Å². The van der Waals surface area contributed by atoms with Crippen molar-refractivity contribution in [1.82, 2.24) is 19.9 Å². The van der Waals surface area contributed by atoms with Crippen molar-refractivity contribution in [2.24, 2.45) is 0 Å². The van der Waals surface area contributed by atoms with Crippen LogP contribution in [0.25, 0.3) is 10.9 Å². The number of methoxy groups -OCH3 is 1. The van der Waals surface area contributed by atoms with E-state index in [4.69, 9.17) is 16.3 Å². The normalized spacial score (nSPS) is 15.3. The summed E-state index contributed by atoms with van der Waals surface area (Å²) in [7, 11) is 1.58. The fourth-order valence-electron chi connectivity index (χ4n) is 3.78. The van der Waals surface area contributed by atoms with Crippen molar-refractivity contribution in [2.45, 2.75) is 12.8 Å². The molecule has 148 valence electrons. The molecule has 0 aliphatic carbocycles. The molecule has 1 aliphatic heterocycles. The van der Waals surface area contributed by atoms with Crippen LogP contribution in [0.2, 0.25) is 5.15 Å². The smallest absolute Gasteiger partial charge is 0.199 e. The minimum absolute atomic E-state index is 0.190. The molecule has 3 heterocycles. The van der Waals surface area contributed by atoms with Gasteiger partial charge in [-0.25, -0.2) is 14.4 Å². The number of aryl methyl sites for hydroxylation is 1. The van der Waals surface area contributed by atoms with E-state index < -0.39 is 0 Å². The van der Waals surface area contributed by atoms with Gasteiger partial charge in [-0.05, 0) is 43.1 Å². The van der Waals surface area contributed by atoms with Gasteiger partial charge in [-0.2, -0.15) is 0 Å². The number of nitrogens with one attached hydrogen (secondary N) is 1. The van der Waals surface area contributed by atoms with Crippen molar-refractivity contribution in [3.05, 3.63) is 47.3 Å². The fraction of sp³-hybridized carbons (Fsp3) is 0.400. The number of aromatic amines is 1. The Morgan fingerprint density at radius 3 is 2.82 bits per heavy atom. The molecule has 0 atom stereocenters. The van der Waals surface area contributed by atoms with Crippen LogP contribution >= 0.6 is 11.6 Å². The second-order valence-corrected chi connectivity index (χ2v) is 7.32. The largest absolute Gasteiger partial charge is 0.490 e. The molecular formula is C20H23ClFN5O. The van der Waals surface area contributed by atoms with E-state index >= 15 is 0 Å². The molecule has 0 spiro atoms. The Morgan fingerprint density at radius 2 is 2.04 bits per heavy atom. The molecule has 0 amide bonds. The Hall–Kier alpha value is -2.38. The first-order valence-corrected chi connectivity index (χ1v) is 9.81. The first kappa shape index (κ1) is 19.0. The van der Waals surface area contributed by atoms with Gasteiger partial charge in [0.2, 0.25) is 0 Å². The number of hydrogen-bond donors (Lipinski definition) is 1. The van der Waals surface area contributed by atoms with E-state index in [2.05, 4.69) is 24.8 Å². The van der Waals surface area contributed by atoms with Crippen LogP contribution in [-0.4, -0.2) is 59.7 Å². The highest BCUT2D eigenvalue weighted by Crippen LogP contribution is 2.31. The van der Waals surface area contributed by atoms with Crippen LogP contribution in [0.3, 0.4) is 0 Å². The molecule has 2 aromatic heterocycles. The van der Waals surface area contributed by atoms with Crippen LogP contribution in [0.15, 0.2) is 30.7 Å². The molecule has 0 saturated carbocycles. The molecule has 1 aliphatic rings. The van der Waals surface area contributed by atoms with Crippen molar-refractivity contribution in [3.8, 4) is 5.75 Å². The van der Waals surface area contributed by atoms with Crippen molar-refractivity contribution in [1.29, 1.82) is 0 Å². The molecule has 1 aromatic carbocycles. The van der Waals surface area contributed by atoms with Gasteiger partial charge in [0.15, 0.2) is 16.7 Å². The third-order valence-electron chi connectivity index (χ3n) is 5.27. The van der Waals surface area contributed by atoms with Crippen LogP contribution in [-0.2, 0) is 6.42 Å². The van der Waals surface area contributed by atoms with E-state index in [9.17, 15) is 4.39 Å². The maximum Gasteiger partial charge on any atom is 0.199 e. The van der Waals surface area contributed by atoms with Gasteiger partial charge in [0.25, 0.3) is 0 Å². The van der Waals surface area contributed by atoms with Crippen LogP contribution in [0.4, 0.5) is 10.2 Å². The molecular weight excluding hydrogens is 381 g/mol. The fourth-order valence-corrected chi connectivity index (χ4v) is 3.98. The molecule has 3 aromatic rings. The quantitative estimate of drug-likeness (QED) is 0.638. The van der Waals surface area contributed by atoms with Crippen LogP contribution in [0.5, 0.6) is 5.75 Å². The number of aromatic nitrogens is 3. The highest BCUT2D eigenvalue weighted by molar-refractivity contribution is 6.31. The summed E-state index contributed by atoms with van der Waals surface area (Å²) < 4.78 is 18.9. The minimum Gasteiger partial charge on any atom is -0.490 e. The average Bonchev–Trinajstić information content (AvgIpc) is 3.10. The zero-order valence-electron chi connectivity index (χ0n) is 15.8. The Balaban J connectivity index is 1.30. The molecule has 6 nitrogen and oxygen atoms in total. The Kier molecular flexibility index (Phi) is 5.64. The van der Waals surface area contributed by atoms with E-state index in [1.54, 1.807) is 19.2 Å². The minimum atomic E-state index is -0.190. The van der Waals surface area contributed by atoms with Gasteiger partial charge < -0.3 is 14.6 Å². The number of benzene rings is 1. The van der Waals surface area contributed by atoms with E-state index in [1.165, 1.54) is 18.0 Å². The topological polar surface area (TPSA) is 57.3 Å². The van der Waals surface area contributed by atoms with Crippen molar-refractivity contribution in [3.63, 3.8) is 0 Å². The Bertz CT molecular complexity index is 955. The summed E-state index contributed by atoms with van der Waals surface area (Å²) in [4.78, 5) is 16.2. The van der Waals surface area contributed by atoms with Gasteiger partial charge in [0, 0.05) is 43.3 Å². The summed E-state index contributed by atoms with van der Waals surface area (Å²) in [5, 5.41) is 1.32. The molecule has 28 heavy (non-hydrogen) atoms. The lowest BCUT2D eigenvalue weighted by atomic mass is 10.1. The van der Waals surface area contributed by atoms with Crippen molar-refractivity contribution >= 4 is 28.3 Å². The summed E-state index contributed by atoms with van der Waals surface area (Å²) >= 11 is 6.11. The number of rotatable bonds is 6. The summed E-state index contributed by atoms with van der Waals surface area (Å²) in [5.41, 5.74) is 2.16. The number of piperazine rings is 1. The van der Waals surface area contributed by atoms with Crippen LogP contribution in [0.1, 0.15) is 12.0 Å². The third-order valence-corrected chi connectivity index (χ3v) is 5.54. The lowest BCUT2D eigenvalue weighted by Gasteiger charge is -2.35. The van der Waals surface area contributed by atoms with Gasteiger partial charge in [-0.3, -0.25) is 4.90 Å². The van der Waals surface area contributed by atoms with E-state index in [1.807, 2.05) is 6.20 Å². The SMILES string of the molecule is COc1c(Cl)ncnc1N1CCN(CCCc2c[nH]c3ccc(F)cc23)CC1. The predicted molar refractivity (Wildman–Crippen MR) is 109 cm³/mol.